The van der Waals surface area contributed by atoms with Gasteiger partial charge in [0.1, 0.15) is 11.6 Å². The Hall–Kier alpha value is -1.84. The van der Waals surface area contributed by atoms with Crippen molar-refractivity contribution < 1.29 is 4.39 Å². The predicted octanol–water partition coefficient (Wildman–Crippen LogP) is 3.97. The summed E-state index contributed by atoms with van der Waals surface area (Å²) in [5.41, 5.74) is 1.73. The summed E-state index contributed by atoms with van der Waals surface area (Å²) in [6.07, 6.45) is 0. The molecule has 4 heteroatoms. The summed E-state index contributed by atoms with van der Waals surface area (Å²) in [7, 11) is 0. The molecule has 1 aliphatic heterocycles. The summed E-state index contributed by atoms with van der Waals surface area (Å²) < 4.78 is 16.2. The quantitative estimate of drug-likeness (QED) is 0.860. The van der Waals surface area contributed by atoms with E-state index in [1.54, 1.807) is 6.07 Å². The highest BCUT2D eigenvalue weighted by Gasteiger charge is 2.32. The Balaban J connectivity index is 2.11. The number of nitrogens with one attached hydrogen (secondary N) is 1. The second-order valence-corrected chi connectivity index (χ2v) is 6.93. The van der Waals surface area contributed by atoms with Crippen LogP contribution in [0.4, 0.5) is 10.2 Å². The van der Waals surface area contributed by atoms with Crippen LogP contribution in [0, 0.1) is 11.7 Å². The first-order chi connectivity index (χ1) is 9.88. The normalized spacial score (nSPS) is 21.8. The van der Waals surface area contributed by atoms with Gasteiger partial charge in [0.05, 0.1) is 11.7 Å². The van der Waals surface area contributed by atoms with Crippen LogP contribution in [0.15, 0.2) is 30.3 Å². The maximum absolute atomic E-state index is 14.2. The van der Waals surface area contributed by atoms with E-state index in [-0.39, 0.29) is 23.2 Å². The van der Waals surface area contributed by atoms with Crippen LogP contribution < -0.4 is 5.32 Å². The molecule has 0 saturated carbocycles. The Morgan fingerprint density at radius 3 is 2.67 bits per heavy atom. The number of fused-ring (bicyclic) bond motifs is 1. The molecule has 1 aliphatic rings. The van der Waals surface area contributed by atoms with E-state index in [2.05, 4.69) is 39.1 Å². The fourth-order valence-electron chi connectivity index (χ4n) is 2.88. The third-order valence-corrected chi connectivity index (χ3v) is 4.14. The van der Waals surface area contributed by atoms with Gasteiger partial charge in [-0.15, -0.1) is 0 Å². The number of hydrogen-bond donors (Lipinski definition) is 1. The van der Waals surface area contributed by atoms with Gasteiger partial charge in [-0.05, 0) is 6.07 Å². The zero-order valence-electron chi connectivity index (χ0n) is 13.0. The van der Waals surface area contributed by atoms with Crippen molar-refractivity contribution in [1.29, 1.82) is 0 Å². The predicted molar refractivity (Wildman–Crippen MR) is 83.1 cm³/mol. The van der Waals surface area contributed by atoms with Crippen LogP contribution >= 0.6 is 0 Å². The molecule has 2 heterocycles. The molecule has 0 radical (unpaired) electrons. The van der Waals surface area contributed by atoms with E-state index in [4.69, 9.17) is 5.10 Å². The highest BCUT2D eigenvalue weighted by atomic mass is 19.1. The molecule has 112 valence electrons. The summed E-state index contributed by atoms with van der Waals surface area (Å²) in [6.45, 7) is 9.38. The largest absolute Gasteiger partial charge is 0.370 e. The maximum Gasteiger partial charge on any atom is 0.128 e. The molecule has 1 aromatic heterocycles. The van der Waals surface area contributed by atoms with Crippen LogP contribution in [0.3, 0.4) is 0 Å². The van der Waals surface area contributed by atoms with Crippen molar-refractivity contribution in [2.45, 2.75) is 39.2 Å². The number of anilines is 1. The van der Waals surface area contributed by atoms with Gasteiger partial charge in [-0.25, -0.2) is 9.07 Å². The molecule has 3 nitrogen and oxygen atoms in total. The lowest BCUT2D eigenvalue weighted by Crippen LogP contribution is -2.32. The van der Waals surface area contributed by atoms with Crippen molar-refractivity contribution in [1.82, 2.24) is 9.78 Å². The molecule has 2 unspecified atom stereocenters. The summed E-state index contributed by atoms with van der Waals surface area (Å²) in [5.74, 6) is 1.10. The Morgan fingerprint density at radius 1 is 1.29 bits per heavy atom. The number of aromatic nitrogens is 2. The molecule has 0 saturated heterocycles. The van der Waals surface area contributed by atoms with Gasteiger partial charge in [-0.1, -0.05) is 45.9 Å². The van der Waals surface area contributed by atoms with Crippen molar-refractivity contribution in [3.63, 3.8) is 0 Å². The molecule has 0 spiro atoms. The van der Waals surface area contributed by atoms with E-state index < -0.39 is 0 Å². The van der Waals surface area contributed by atoms with Gasteiger partial charge in [-0.2, -0.15) is 5.10 Å². The number of rotatable bonds is 1. The summed E-state index contributed by atoms with van der Waals surface area (Å²) in [4.78, 5) is 0. The van der Waals surface area contributed by atoms with E-state index in [0.717, 1.165) is 23.6 Å². The Kier molecular flexibility index (Phi) is 3.27. The molecule has 1 N–H and O–H groups in total. The highest BCUT2D eigenvalue weighted by Crippen LogP contribution is 2.36. The van der Waals surface area contributed by atoms with Gasteiger partial charge in [0.15, 0.2) is 0 Å². The molecule has 0 amide bonds. The highest BCUT2D eigenvalue weighted by molar-refractivity contribution is 5.43. The SMILES string of the molecule is CC1CNc2cc(C(C)(C)C)nn2C1c1ccccc1F. The average molecular weight is 287 g/mol. The van der Waals surface area contributed by atoms with Crippen molar-refractivity contribution >= 4 is 5.82 Å². The van der Waals surface area contributed by atoms with Crippen molar-refractivity contribution in [3.8, 4) is 0 Å². The van der Waals surface area contributed by atoms with Gasteiger partial charge < -0.3 is 5.32 Å². The zero-order chi connectivity index (χ0) is 15.2. The second kappa shape index (κ2) is 4.86. The summed E-state index contributed by atoms with van der Waals surface area (Å²) in [5, 5.41) is 8.16. The van der Waals surface area contributed by atoms with E-state index in [0.29, 0.717) is 0 Å². The topological polar surface area (TPSA) is 29.9 Å². The molecule has 1 aromatic carbocycles. The molecule has 0 fully saturated rings. The molecular weight excluding hydrogens is 265 g/mol. The van der Waals surface area contributed by atoms with Crippen LogP contribution in [-0.2, 0) is 5.41 Å². The van der Waals surface area contributed by atoms with E-state index >= 15 is 0 Å². The standard InChI is InChI=1S/C17H22FN3/c1-11-10-19-15-9-14(17(2,3)4)20-21(15)16(11)12-7-5-6-8-13(12)18/h5-9,11,16,19H,10H2,1-4H3. The van der Waals surface area contributed by atoms with E-state index in [9.17, 15) is 4.39 Å². The molecule has 0 bridgehead atoms. The lowest BCUT2D eigenvalue weighted by atomic mass is 9.92. The summed E-state index contributed by atoms with van der Waals surface area (Å²) >= 11 is 0. The number of benzene rings is 1. The van der Waals surface area contributed by atoms with Crippen molar-refractivity contribution in [2.24, 2.45) is 5.92 Å². The minimum atomic E-state index is -0.157. The molecule has 3 rings (SSSR count). The molecular formula is C17H22FN3. The van der Waals surface area contributed by atoms with Crippen LogP contribution in [0.1, 0.15) is 45.0 Å². The van der Waals surface area contributed by atoms with Crippen LogP contribution in [0.25, 0.3) is 0 Å². The molecule has 2 aromatic rings. The smallest absolute Gasteiger partial charge is 0.128 e. The minimum absolute atomic E-state index is 0.0188. The van der Waals surface area contributed by atoms with Gasteiger partial charge in [0.2, 0.25) is 0 Å². The Morgan fingerprint density at radius 2 is 2.00 bits per heavy atom. The fraction of sp³-hybridized carbons (Fsp3) is 0.471. The second-order valence-electron chi connectivity index (χ2n) is 6.93. The third kappa shape index (κ3) is 2.43. The lowest BCUT2D eigenvalue weighted by molar-refractivity contribution is 0.356. The number of nitrogens with zero attached hydrogens (tertiary/aromatic N) is 2. The fourth-order valence-corrected chi connectivity index (χ4v) is 2.88. The molecule has 21 heavy (non-hydrogen) atoms. The lowest BCUT2D eigenvalue weighted by Gasteiger charge is -2.32. The molecule has 0 aliphatic carbocycles. The van der Waals surface area contributed by atoms with E-state index in [1.165, 1.54) is 6.07 Å². The first kappa shape index (κ1) is 14.1. The first-order valence-corrected chi connectivity index (χ1v) is 7.46. The first-order valence-electron chi connectivity index (χ1n) is 7.46. The van der Waals surface area contributed by atoms with Gasteiger partial charge in [0, 0.05) is 29.5 Å². The molecule has 2 atom stereocenters. The average Bonchev–Trinajstić information content (AvgIpc) is 2.84. The van der Waals surface area contributed by atoms with Crippen molar-refractivity contribution in [2.75, 3.05) is 11.9 Å². The van der Waals surface area contributed by atoms with Crippen LogP contribution in [0.2, 0.25) is 0 Å². The Labute approximate surface area is 125 Å². The van der Waals surface area contributed by atoms with Crippen LogP contribution in [-0.4, -0.2) is 16.3 Å². The number of halogens is 1. The maximum atomic E-state index is 14.2. The van der Waals surface area contributed by atoms with Gasteiger partial charge in [-0.3, -0.25) is 0 Å². The zero-order valence-corrected chi connectivity index (χ0v) is 13.0. The Bertz CT molecular complexity index is 654. The van der Waals surface area contributed by atoms with Gasteiger partial charge in [0.25, 0.3) is 0 Å². The van der Waals surface area contributed by atoms with Crippen LogP contribution in [0.5, 0.6) is 0 Å². The van der Waals surface area contributed by atoms with Gasteiger partial charge >= 0.3 is 0 Å². The minimum Gasteiger partial charge on any atom is -0.370 e. The monoisotopic (exact) mass is 287 g/mol. The number of hydrogen-bond acceptors (Lipinski definition) is 2. The van der Waals surface area contributed by atoms with Crippen molar-refractivity contribution in [3.05, 3.63) is 47.4 Å². The van der Waals surface area contributed by atoms with E-state index in [1.807, 2.05) is 16.8 Å². The summed E-state index contributed by atoms with van der Waals surface area (Å²) in [6, 6.07) is 9.04. The third-order valence-electron chi connectivity index (χ3n) is 4.14.